The Kier molecular flexibility index (Phi) is 5.71. The first-order chi connectivity index (χ1) is 12.1. The fraction of sp³-hybridized carbons (Fsp3) is 0.333. The fourth-order valence-corrected chi connectivity index (χ4v) is 5.20. The molecule has 0 aromatic heterocycles. The number of hydrogen-bond acceptors (Lipinski definition) is 3. The summed E-state index contributed by atoms with van der Waals surface area (Å²) in [5, 5.41) is 12.7. The first kappa shape index (κ1) is 17.9. The molecule has 1 unspecified atom stereocenters. The monoisotopic (exact) mass is 355 g/mol. The molecule has 0 bridgehead atoms. The summed E-state index contributed by atoms with van der Waals surface area (Å²) >= 11 is 0. The second-order valence-corrected chi connectivity index (χ2v) is 8.67. The molecule has 2 aromatic rings. The Morgan fingerprint density at radius 2 is 1.72 bits per heavy atom. The number of nitrogens with zero attached hydrogens (tertiary/aromatic N) is 1. The molecule has 0 spiro atoms. The van der Waals surface area contributed by atoms with E-state index in [1.54, 1.807) is 7.05 Å². The lowest BCUT2D eigenvalue weighted by Crippen LogP contribution is -2.19. The van der Waals surface area contributed by atoms with Crippen molar-refractivity contribution < 1.29 is 9.32 Å². The minimum Gasteiger partial charge on any atom is -0.388 e. The van der Waals surface area contributed by atoms with Gasteiger partial charge in [-0.15, -0.1) is 0 Å². The summed E-state index contributed by atoms with van der Waals surface area (Å²) in [4.78, 5) is 0.725. The molecule has 1 fully saturated rings. The van der Waals surface area contributed by atoms with Gasteiger partial charge in [-0.25, -0.2) is 8.57 Å². The second kappa shape index (κ2) is 7.98. The Labute approximate surface area is 150 Å². The Morgan fingerprint density at radius 3 is 2.36 bits per heavy atom. The zero-order chi connectivity index (χ0) is 17.7. The molecule has 1 N–H and O–H groups in total. The summed E-state index contributed by atoms with van der Waals surface area (Å²) in [5.41, 5.74) is 1.99. The average molecular weight is 356 g/mol. The normalized spacial score (nSPS) is 23.0. The minimum absolute atomic E-state index is 0.00226. The SMILES string of the molecule is CN=S(=O)(/C=C1\CCCC[C@H]1[C@@H](O)c1ccccc1)c1ccccc1. The van der Waals surface area contributed by atoms with Crippen molar-refractivity contribution in [3.05, 3.63) is 77.2 Å². The average Bonchev–Trinajstić information content (AvgIpc) is 2.69. The zero-order valence-corrected chi connectivity index (χ0v) is 15.4. The van der Waals surface area contributed by atoms with Crippen LogP contribution in [0.4, 0.5) is 0 Å². The van der Waals surface area contributed by atoms with E-state index in [1.807, 2.05) is 66.1 Å². The van der Waals surface area contributed by atoms with Crippen molar-refractivity contribution in [2.75, 3.05) is 7.05 Å². The third kappa shape index (κ3) is 4.02. The molecular formula is C21H25NO2S. The van der Waals surface area contributed by atoms with E-state index in [2.05, 4.69) is 4.36 Å². The van der Waals surface area contributed by atoms with Crippen molar-refractivity contribution in [1.29, 1.82) is 0 Å². The molecule has 0 saturated heterocycles. The Bertz CT molecular complexity index is 837. The number of rotatable bonds is 4. The zero-order valence-electron chi connectivity index (χ0n) is 14.5. The Hall–Kier alpha value is -1.91. The quantitative estimate of drug-likeness (QED) is 0.843. The molecule has 3 nitrogen and oxygen atoms in total. The van der Waals surface area contributed by atoms with Gasteiger partial charge in [0.05, 0.1) is 20.7 Å². The highest BCUT2D eigenvalue weighted by Crippen LogP contribution is 2.39. The van der Waals surface area contributed by atoms with Crippen LogP contribution in [-0.2, 0) is 9.73 Å². The van der Waals surface area contributed by atoms with Crippen LogP contribution in [0.3, 0.4) is 0 Å². The maximum Gasteiger partial charge on any atom is 0.0966 e. The molecule has 0 amide bonds. The molecule has 0 aliphatic heterocycles. The Balaban J connectivity index is 1.98. The van der Waals surface area contributed by atoms with Gasteiger partial charge in [-0.05, 0) is 37.0 Å². The highest BCUT2D eigenvalue weighted by Gasteiger charge is 2.28. The predicted molar refractivity (Wildman–Crippen MR) is 103 cm³/mol. The van der Waals surface area contributed by atoms with E-state index in [9.17, 15) is 9.32 Å². The van der Waals surface area contributed by atoms with Crippen LogP contribution < -0.4 is 0 Å². The van der Waals surface area contributed by atoms with Gasteiger partial charge in [0.2, 0.25) is 0 Å². The minimum atomic E-state index is -2.60. The van der Waals surface area contributed by atoms with Crippen molar-refractivity contribution in [1.82, 2.24) is 0 Å². The lowest BCUT2D eigenvalue weighted by Gasteiger charge is -2.30. The van der Waals surface area contributed by atoms with Gasteiger partial charge in [-0.3, -0.25) is 0 Å². The molecule has 0 heterocycles. The van der Waals surface area contributed by atoms with Crippen LogP contribution in [0.15, 0.2) is 80.9 Å². The highest BCUT2D eigenvalue weighted by molar-refractivity contribution is 7.96. The lowest BCUT2D eigenvalue weighted by molar-refractivity contribution is 0.112. The number of aliphatic hydroxyl groups excluding tert-OH is 1. The summed E-state index contributed by atoms with van der Waals surface area (Å²) in [6.07, 6.45) is 3.37. The molecule has 4 heteroatoms. The standard InChI is InChI=1S/C21H25NO2S/c1-22-25(24,19-13-6-3-7-14-19)16-18-12-8-9-15-20(18)21(23)17-10-4-2-5-11-17/h2-7,10-11,13-14,16,20-21,23H,8-9,12,15H2,1H3/b18-16+/t20-,21+,25?/m1/s1. The second-order valence-electron chi connectivity index (χ2n) is 6.46. The number of benzene rings is 2. The fourth-order valence-electron chi connectivity index (χ4n) is 3.50. The van der Waals surface area contributed by atoms with Crippen LogP contribution in [0.2, 0.25) is 0 Å². The van der Waals surface area contributed by atoms with Gasteiger partial charge in [-0.2, -0.15) is 0 Å². The summed E-state index contributed by atoms with van der Waals surface area (Å²) in [5.74, 6) is 0.00226. The van der Waals surface area contributed by atoms with Gasteiger partial charge in [0.25, 0.3) is 0 Å². The van der Waals surface area contributed by atoms with Gasteiger partial charge >= 0.3 is 0 Å². The van der Waals surface area contributed by atoms with Crippen LogP contribution in [0, 0.1) is 5.92 Å². The van der Waals surface area contributed by atoms with Crippen LogP contribution in [0.5, 0.6) is 0 Å². The summed E-state index contributed by atoms with van der Waals surface area (Å²) in [6, 6.07) is 19.1. The topological polar surface area (TPSA) is 49.7 Å². The van der Waals surface area contributed by atoms with Gasteiger partial charge < -0.3 is 5.11 Å². The van der Waals surface area contributed by atoms with E-state index < -0.39 is 15.8 Å². The van der Waals surface area contributed by atoms with Gasteiger partial charge in [0, 0.05) is 18.4 Å². The molecule has 1 aliphatic carbocycles. The third-order valence-corrected chi connectivity index (χ3v) is 7.00. The largest absolute Gasteiger partial charge is 0.388 e. The molecule has 1 saturated carbocycles. The van der Waals surface area contributed by atoms with E-state index in [-0.39, 0.29) is 5.92 Å². The van der Waals surface area contributed by atoms with Gasteiger partial charge in [0.1, 0.15) is 0 Å². The smallest absolute Gasteiger partial charge is 0.0966 e. The molecule has 132 valence electrons. The van der Waals surface area contributed by atoms with Crippen molar-refractivity contribution in [2.24, 2.45) is 10.3 Å². The van der Waals surface area contributed by atoms with Gasteiger partial charge in [-0.1, -0.05) is 60.5 Å². The van der Waals surface area contributed by atoms with E-state index in [0.717, 1.165) is 41.7 Å². The maximum atomic E-state index is 13.4. The lowest BCUT2D eigenvalue weighted by atomic mass is 9.79. The summed E-state index contributed by atoms with van der Waals surface area (Å²) < 4.78 is 17.6. The van der Waals surface area contributed by atoms with Crippen LogP contribution >= 0.6 is 0 Å². The highest BCUT2D eigenvalue weighted by atomic mass is 32.2. The maximum absolute atomic E-state index is 13.4. The van der Waals surface area contributed by atoms with E-state index in [1.165, 1.54) is 0 Å². The molecule has 0 radical (unpaired) electrons. The molecule has 2 aromatic carbocycles. The first-order valence-electron chi connectivity index (χ1n) is 8.78. The third-order valence-electron chi connectivity index (χ3n) is 4.89. The van der Waals surface area contributed by atoms with Crippen LogP contribution in [-0.4, -0.2) is 16.4 Å². The first-order valence-corrected chi connectivity index (χ1v) is 10.4. The number of hydrogen-bond donors (Lipinski definition) is 1. The molecule has 25 heavy (non-hydrogen) atoms. The van der Waals surface area contributed by atoms with E-state index in [4.69, 9.17) is 0 Å². The molecular weight excluding hydrogens is 330 g/mol. The predicted octanol–water partition coefficient (Wildman–Crippen LogP) is 4.95. The van der Waals surface area contributed by atoms with Crippen molar-refractivity contribution in [3.8, 4) is 0 Å². The Morgan fingerprint density at radius 1 is 1.08 bits per heavy atom. The van der Waals surface area contributed by atoms with Crippen LogP contribution in [0.25, 0.3) is 0 Å². The van der Waals surface area contributed by atoms with E-state index in [0.29, 0.717) is 0 Å². The van der Waals surface area contributed by atoms with E-state index >= 15 is 0 Å². The van der Waals surface area contributed by atoms with Crippen molar-refractivity contribution >= 4 is 9.73 Å². The number of aliphatic hydroxyl groups is 1. The van der Waals surface area contributed by atoms with Crippen LogP contribution in [0.1, 0.15) is 37.4 Å². The summed E-state index contributed by atoms with van der Waals surface area (Å²) in [6.45, 7) is 0. The van der Waals surface area contributed by atoms with Crippen molar-refractivity contribution in [2.45, 2.75) is 36.7 Å². The molecule has 1 aliphatic rings. The van der Waals surface area contributed by atoms with Crippen molar-refractivity contribution in [3.63, 3.8) is 0 Å². The molecule has 3 rings (SSSR count). The summed E-state index contributed by atoms with van der Waals surface area (Å²) in [7, 11) is -0.993. The molecule has 3 atom stereocenters. The van der Waals surface area contributed by atoms with Gasteiger partial charge in [0.15, 0.2) is 0 Å².